The van der Waals surface area contributed by atoms with Crippen LogP contribution in [0.15, 0.2) is 64.3 Å². The normalized spacial score (nSPS) is 11.3. The van der Waals surface area contributed by atoms with Gasteiger partial charge in [0, 0.05) is 30.4 Å². The fraction of sp³-hybridized carbons (Fsp3) is 0.136. The third kappa shape index (κ3) is 3.25. The first-order chi connectivity index (χ1) is 15.0. The lowest BCUT2D eigenvalue weighted by Gasteiger charge is -2.12. The summed E-state index contributed by atoms with van der Waals surface area (Å²) < 4.78 is 8.33. The van der Waals surface area contributed by atoms with Crippen LogP contribution in [-0.4, -0.2) is 29.1 Å². The number of hydrogen-bond donors (Lipinski definition) is 1. The molecule has 4 aromatic heterocycles. The van der Waals surface area contributed by atoms with Gasteiger partial charge in [0.05, 0.1) is 23.4 Å². The molecule has 0 fully saturated rings. The van der Waals surface area contributed by atoms with Gasteiger partial charge >= 0.3 is 0 Å². The summed E-state index contributed by atoms with van der Waals surface area (Å²) >= 11 is 0. The summed E-state index contributed by atoms with van der Waals surface area (Å²) in [6, 6.07) is 13.0. The number of pyridine rings is 1. The van der Waals surface area contributed by atoms with Gasteiger partial charge in [0.25, 0.3) is 0 Å². The molecule has 4 heterocycles. The van der Waals surface area contributed by atoms with E-state index in [-0.39, 0.29) is 11.5 Å². The summed E-state index contributed by atoms with van der Waals surface area (Å²) in [5.74, 6) is 1.48. The Morgan fingerprint density at radius 2 is 1.87 bits per heavy atom. The quantitative estimate of drug-likeness (QED) is 0.481. The van der Waals surface area contributed by atoms with Crippen LogP contribution in [0.4, 0.5) is 5.95 Å². The second-order valence-electron chi connectivity index (χ2n) is 7.22. The molecule has 0 aliphatic rings. The average molecular weight is 413 g/mol. The van der Waals surface area contributed by atoms with Crippen molar-refractivity contribution in [3.05, 3.63) is 82.7 Å². The molecule has 0 radical (unpaired) electrons. The highest BCUT2D eigenvalue weighted by atomic mass is 16.3. The molecule has 0 spiro atoms. The van der Waals surface area contributed by atoms with Gasteiger partial charge < -0.3 is 14.7 Å². The molecule has 0 unspecified atom stereocenters. The smallest absolute Gasteiger partial charge is 0.250 e. The van der Waals surface area contributed by atoms with Crippen LogP contribution in [-0.2, 0) is 13.5 Å². The average Bonchev–Trinajstić information content (AvgIpc) is 3.37. The SMILES string of the molecule is Cc1ocnc1Cc1nc2c(-c3ccc(=O)n(C)c3)c(-c3ccccc3)nc(N)n2n1. The highest BCUT2D eigenvalue weighted by Crippen LogP contribution is 2.34. The monoisotopic (exact) mass is 413 g/mol. The number of aromatic nitrogens is 6. The Bertz CT molecular complexity index is 1460. The van der Waals surface area contributed by atoms with Crippen molar-refractivity contribution in [2.24, 2.45) is 7.05 Å². The largest absolute Gasteiger partial charge is 0.449 e. The van der Waals surface area contributed by atoms with Crippen LogP contribution in [0.2, 0.25) is 0 Å². The molecule has 0 aliphatic heterocycles. The minimum absolute atomic E-state index is 0.104. The molecule has 0 amide bonds. The maximum Gasteiger partial charge on any atom is 0.250 e. The van der Waals surface area contributed by atoms with E-state index in [1.807, 2.05) is 37.3 Å². The summed E-state index contributed by atoms with van der Waals surface area (Å²) in [7, 11) is 1.71. The third-order valence-electron chi connectivity index (χ3n) is 5.15. The van der Waals surface area contributed by atoms with Gasteiger partial charge in [-0.15, -0.1) is 5.10 Å². The highest BCUT2D eigenvalue weighted by Gasteiger charge is 2.21. The van der Waals surface area contributed by atoms with Crippen LogP contribution >= 0.6 is 0 Å². The van der Waals surface area contributed by atoms with Crippen molar-refractivity contribution >= 4 is 11.6 Å². The van der Waals surface area contributed by atoms with E-state index in [0.29, 0.717) is 29.3 Å². The van der Waals surface area contributed by atoms with Crippen LogP contribution in [0.1, 0.15) is 17.3 Å². The lowest BCUT2D eigenvalue weighted by atomic mass is 10.0. The zero-order valence-electron chi connectivity index (χ0n) is 17.0. The summed E-state index contributed by atoms with van der Waals surface area (Å²) in [6.45, 7) is 1.84. The molecule has 9 nitrogen and oxygen atoms in total. The van der Waals surface area contributed by atoms with E-state index in [1.165, 1.54) is 21.5 Å². The molecule has 0 bridgehead atoms. The van der Waals surface area contributed by atoms with Crippen LogP contribution in [0.3, 0.4) is 0 Å². The number of oxazole rings is 1. The molecule has 154 valence electrons. The number of nitrogens with zero attached hydrogens (tertiary/aromatic N) is 6. The number of fused-ring (bicyclic) bond motifs is 1. The Labute approximate surface area is 176 Å². The molecule has 31 heavy (non-hydrogen) atoms. The van der Waals surface area contributed by atoms with Crippen molar-refractivity contribution in [3.63, 3.8) is 0 Å². The summed E-state index contributed by atoms with van der Waals surface area (Å²) in [4.78, 5) is 25.6. The highest BCUT2D eigenvalue weighted by molar-refractivity contribution is 5.90. The Morgan fingerprint density at radius 3 is 2.58 bits per heavy atom. The molecule has 0 aliphatic carbocycles. The second kappa shape index (κ2) is 7.21. The molecule has 5 aromatic rings. The van der Waals surface area contributed by atoms with Crippen molar-refractivity contribution in [3.8, 4) is 22.4 Å². The van der Waals surface area contributed by atoms with Crippen molar-refractivity contribution in [1.82, 2.24) is 29.1 Å². The van der Waals surface area contributed by atoms with Gasteiger partial charge in [-0.2, -0.15) is 4.52 Å². The van der Waals surface area contributed by atoms with E-state index in [9.17, 15) is 4.79 Å². The van der Waals surface area contributed by atoms with E-state index in [0.717, 1.165) is 22.4 Å². The van der Waals surface area contributed by atoms with Gasteiger partial charge in [0.15, 0.2) is 17.9 Å². The number of anilines is 1. The maximum absolute atomic E-state index is 12.0. The Hall–Kier alpha value is -4.27. The molecule has 9 heteroatoms. The van der Waals surface area contributed by atoms with Crippen molar-refractivity contribution in [1.29, 1.82) is 0 Å². The predicted molar refractivity (Wildman–Crippen MR) is 115 cm³/mol. The molecular weight excluding hydrogens is 394 g/mol. The summed E-state index contributed by atoms with van der Waals surface area (Å²) in [6.07, 6.45) is 3.56. The Balaban J connectivity index is 1.79. The molecule has 1 aromatic carbocycles. The van der Waals surface area contributed by atoms with E-state index in [2.05, 4.69) is 15.1 Å². The Kier molecular flexibility index (Phi) is 4.36. The Morgan fingerprint density at radius 1 is 1.06 bits per heavy atom. The number of hydrogen-bond acceptors (Lipinski definition) is 7. The van der Waals surface area contributed by atoms with E-state index >= 15 is 0 Å². The molecule has 2 N–H and O–H groups in total. The lowest BCUT2D eigenvalue weighted by Crippen LogP contribution is -2.14. The first kappa shape index (κ1) is 18.7. The molecule has 0 saturated heterocycles. The fourth-order valence-corrected chi connectivity index (χ4v) is 3.54. The molecule has 0 saturated carbocycles. The number of aryl methyl sites for hydroxylation is 2. The van der Waals surface area contributed by atoms with Crippen molar-refractivity contribution in [2.45, 2.75) is 13.3 Å². The topological polar surface area (TPSA) is 117 Å². The van der Waals surface area contributed by atoms with Crippen LogP contribution < -0.4 is 11.3 Å². The zero-order valence-corrected chi connectivity index (χ0v) is 17.0. The molecule has 5 rings (SSSR count). The van der Waals surface area contributed by atoms with Crippen LogP contribution in [0.25, 0.3) is 28.0 Å². The van der Waals surface area contributed by atoms with Gasteiger partial charge in [0.1, 0.15) is 5.76 Å². The van der Waals surface area contributed by atoms with Crippen LogP contribution in [0.5, 0.6) is 0 Å². The van der Waals surface area contributed by atoms with E-state index in [4.69, 9.17) is 15.1 Å². The van der Waals surface area contributed by atoms with E-state index in [1.54, 1.807) is 19.3 Å². The van der Waals surface area contributed by atoms with Crippen LogP contribution in [0, 0.1) is 6.92 Å². The van der Waals surface area contributed by atoms with Gasteiger partial charge in [-0.3, -0.25) is 4.79 Å². The standard InChI is InChI=1S/C22H19N7O2/c1-13-16(24-12-31-13)10-17-25-21-19(15-8-9-18(30)28(2)11-15)20(14-6-4-3-5-7-14)26-22(23)29(21)27-17/h3-9,11-12H,10H2,1-2H3,(H2,23,26). The number of nitrogens with two attached hydrogens (primary N) is 1. The molecular formula is C22H19N7O2. The first-order valence-corrected chi connectivity index (χ1v) is 9.68. The minimum Gasteiger partial charge on any atom is -0.449 e. The fourth-order valence-electron chi connectivity index (χ4n) is 3.54. The number of rotatable bonds is 4. The minimum atomic E-state index is -0.104. The van der Waals surface area contributed by atoms with Gasteiger partial charge in [-0.1, -0.05) is 30.3 Å². The maximum atomic E-state index is 12.0. The number of benzene rings is 1. The number of nitrogen functional groups attached to an aromatic ring is 1. The van der Waals surface area contributed by atoms with Gasteiger partial charge in [0.2, 0.25) is 11.5 Å². The van der Waals surface area contributed by atoms with Gasteiger partial charge in [-0.05, 0) is 13.0 Å². The second-order valence-corrected chi connectivity index (χ2v) is 7.22. The lowest BCUT2D eigenvalue weighted by molar-refractivity contribution is 0.524. The van der Waals surface area contributed by atoms with Gasteiger partial charge in [-0.25, -0.2) is 15.0 Å². The summed E-state index contributed by atoms with van der Waals surface area (Å²) in [5, 5.41) is 4.56. The van der Waals surface area contributed by atoms with Crippen molar-refractivity contribution < 1.29 is 4.42 Å². The third-order valence-corrected chi connectivity index (χ3v) is 5.15. The van der Waals surface area contributed by atoms with Crippen molar-refractivity contribution in [2.75, 3.05) is 5.73 Å². The van der Waals surface area contributed by atoms with E-state index < -0.39 is 0 Å². The first-order valence-electron chi connectivity index (χ1n) is 9.68. The molecule has 0 atom stereocenters. The summed E-state index contributed by atoms with van der Waals surface area (Å²) in [5.41, 5.74) is 10.6. The predicted octanol–water partition coefficient (Wildman–Crippen LogP) is 2.63. The zero-order chi connectivity index (χ0) is 21.5.